The highest BCUT2D eigenvalue weighted by Gasteiger charge is 2.21. The lowest BCUT2D eigenvalue weighted by Crippen LogP contribution is -2.27. The summed E-state index contributed by atoms with van der Waals surface area (Å²) in [5, 5.41) is 5.52. The predicted octanol–water partition coefficient (Wildman–Crippen LogP) is 2.97. The number of rotatable bonds is 8. The highest BCUT2D eigenvalue weighted by molar-refractivity contribution is 6.04. The summed E-state index contributed by atoms with van der Waals surface area (Å²) in [7, 11) is 0. The second-order valence-corrected chi connectivity index (χ2v) is 6.78. The molecule has 1 aliphatic rings. The molecule has 2 aromatic rings. The summed E-state index contributed by atoms with van der Waals surface area (Å²) in [6.45, 7) is 3.09. The predicted molar refractivity (Wildman–Crippen MR) is 111 cm³/mol. The van der Waals surface area contributed by atoms with Crippen LogP contribution in [-0.2, 0) is 9.59 Å². The summed E-state index contributed by atoms with van der Waals surface area (Å²) >= 11 is 0. The molecule has 0 aromatic heterocycles. The van der Waals surface area contributed by atoms with Crippen molar-refractivity contribution >= 4 is 29.1 Å². The van der Waals surface area contributed by atoms with Crippen LogP contribution in [0.25, 0.3) is 0 Å². The Hall–Kier alpha value is -3.35. The van der Waals surface area contributed by atoms with Gasteiger partial charge in [0.2, 0.25) is 5.91 Å². The van der Waals surface area contributed by atoms with Gasteiger partial charge in [-0.2, -0.15) is 0 Å². The van der Waals surface area contributed by atoms with Gasteiger partial charge in [0, 0.05) is 25.2 Å². The maximum Gasteiger partial charge on any atom is 0.262 e. The van der Waals surface area contributed by atoms with E-state index in [0.29, 0.717) is 30.0 Å². The van der Waals surface area contributed by atoms with Gasteiger partial charge in [0.25, 0.3) is 11.8 Å². The first-order valence-electron chi connectivity index (χ1n) is 9.79. The van der Waals surface area contributed by atoms with E-state index in [1.807, 2.05) is 19.1 Å². The summed E-state index contributed by atoms with van der Waals surface area (Å²) in [6, 6.07) is 13.9. The van der Waals surface area contributed by atoms with E-state index in [0.717, 1.165) is 25.1 Å². The van der Waals surface area contributed by atoms with Crippen LogP contribution < -0.4 is 20.3 Å². The SMILES string of the molecule is CCCNC(=O)c1ccccc1NC(=O)COc1ccc(N2CCCC2=O)cc1. The molecule has 0 bridgehead atoms. The number of anilines is 2. The lowest BCUT2D eigenvalue weighted by atomic mass is 10.1. The highest BCUT2D eigenvalue weighted by Crippen LogP contribution is 2.24. The molecular weight excluding hydrogens is 370 g/mol. The van der Waals surface area contributed by atoms with Crippen molar-refractivity contribution in [3.8, 4) is 5.75 Å². The van der Waals surface area contributed by atoms with Gasteiger partial charge in [0.15, 0.2) is 6.61 Å². The molecule has 0 saturated carbocycles. The summed E-state index contributed by atoms with van der Waals surface area (Å²) in [5.74, 6) is 0.0689. The van der Waals surface area contributed by atoms with E-state index in [9.17, 15) is 14.4 Å². The summed E-state index contributed by atoms with van der Waals surface area (Å²) in [6.07, 6.45) is 2.28. The van der Waals surface area contributed by atoms with Gasteiger partial charge in [-0.3, -0.25) is 14.4 Å². The molecule has 3 amide bonds. The molecule has 2 N–H and O–H groups in total. The van der Waals surface area contributed by atoms with Crippen LogP contribution in [0, 0.1) is 0 Å². The zero-order valence-electron chi connectivity index (χ0n) is 16.4. The van der Waals surface area contributed by atoms with Gasteiger partial charge < -0.3 is 20.3 Å². The van der Waals surface area contributed by atoms with Crippen molar-refractivity contribution in [3.63, 3.8) is 0 Å². The molecule has 7 nitrogen and oxygen atoms in total. The highest BCUT2D eigenvalue weighted by atomic mass is 16.5. The van der Waals surface area contributed by atoms with Crippen LogP contribution in [0.3, 0.4) is 0 Å². The summed E-state index contributed by atoms with van der Waals surface area (Å²) in [4.78, 5) is 38.0. The van der Waals surface area contributed by atoms with Gasteiger partial charge in [-0.05, 0) is 49.2 Å². The first-order chi connectivity index (χ1) is 14.1. The van der Waals surface area contributed by atoms with Crippen molar-refractivity contribution in [2.24, 2.45) is 0 Å². The molecule has 0 radical (unpaired) electrons. The van der Waals surface area contributed by atoms with Crippen molar-refractivity contribution in [1.82, 2.24) is 5.32 Å². The Bertz CT molecular complexity index is 880. The monoisotopic (exact) mass is 395 g/mol. The fourth-order valence-electron chi connectivity index (χ4n) is 3.10. The van der Waals surface area contributed by atoms with Crippen molar-refractivity contribution in [2.45, 2.75) is 26.2 Å². The largest absolute Gasteiger partial charge is 0.484 e. The van der Waals surface area contributed by atoms with Gasteiger partial charge in [0.05, 0.1) is 11.3 Å². The van der Waals surface area contributed by atoms with Crippen molar-refractivity contribution in [3.05, 3.63) is 54.1 Å². The topological polar surface area (TPSA) is 87.7 Å². The molecule has 152 valence electrons. The smallest absolute Gasteiger partial charge is 0.262 e. The molecule has 1 fully saturated rings. The third-order valence-corrected chi connectivity index (χ3v) is 4.57. The molecule has 1 aliphatic heterocycles. The zero-order valence-corrected chi connectivity index (χ0v) is 16.4. The van der Waals surface area contributed by atoms with Crippen LogP contribution in [0.1, 0.15) is 36.5 Å². The van der Waals surface area contributed by atoms with E-state index in [4.69, 9.17) is 4.74 Å². The summed E-state index contributed by atoms with van der Waals surface area (Å²) in [5.41, 5.74) is 1.68. The number of ether oxygens (including phenoxy) is 1. The molecule has 7 heteroatoms. The van der Waals surface area contributed by atoms with E-state index >= 15 is 0 Å². The Labute approximate surface area is 170 Å². The lowest BCUT2D eigenvalue weighted by Gasteiger charge is -2.16. The second kappa shape index (κ2) is 9.73. The zero-order chi connectivity index (χ0) is 20.6. The van der Waals surface area contributed by atoms with E-state index in [1.54, 1.807) is 41.3 Å². The number of carbonyl (C=O) groups excluding carboxylic acids is 3. The number of hydrogen-bond acceptors (Lipinski definition) is 4. The Kier molecular flexibility index (Phi) is 6.84. The number of amides is 3. The minimum atomic E-state index is -0.362. The van der Waals surface area contributed by atoms with Crippen LogP contribution in [0.5, 0.6) is 5.75 Å². The number of carbonyl (C=O) groups is 3. The van der Waals surface area contributed by atoms with Gasteiger partial charge in [-0.1, -0.05) is 19.1 Å². The van der Waals surface area contributed by atoms with E-state index in [1.165, 1.54) is 0 Å². The standard InChI is InChI=1S/C22H25N3O4/c1-2-13-23-22(28)18-6-3-4-7-19(18)24-20(26)15-29-17-11-9-16(10-12-17)25-14-5-8-21(25)27/h3-4,6-7,9-12H,2,5,8,13-15H2,1H3,(H,23,28)(H,24,26). The number of nitrogens with zero attached hydrogens (tertiary/aromatic N) is 1. The lowest BCUT2D eigenvalue weighted by molar-refractivity contribution is -0.118. The molecule has 0 aliphatic carbocycles. The Morgan fingerprint density at radius 2 is 1.86 bits per heavy atom. The fraction of sp³-hybridized carbons (Fsp3) is 0.318. The van der Waals surface area contributed by atoms with Crippen LogP contribution in [0.2, 0.25) is 0 Å². The molecular formula is C22H25N3O4. The first-order valence-corrected chi connectivity index (χ1v) is 9.79. The minimum absolute atomic E-state index is 0.125. The number of benzene rings is 2. The number of para-hydroxylation sites is 1. The van der Waals surface area contributed by atoms with Gasteiger partial charge in [-0.25, -0.2) is 0 Å². The molecule has 29 heavy (non-hydrogen) atoms. The Balaban J connectivity index is 1.55. The van der Waals surface area contributed by atoms with E-state index in [-0.39, 0.29) is 24.3 Å². The van der Waals surface area contributed by atoms with Crippen molar-refractivity contribution in [2.75, 3.05) is 29.9 Å². The third-order valence-electron chi connectivity index (χ3n) is 4.57. The molecule has 1 heterocycles. The molecule has 0 atom stereocenters. The van der Waals surface area contributed by atoms with E-state index in [2.05, 4.69) is 10.6 Å². The van der Waals surface area contributed by atoms with Crippen molar-refractivity contribution in [1.29, 1.82) is 0 Å². The van der Waals surface area contributed by atoms with E-state index < -0.39 is 0 Å². The number of hydrogen-bond donors (Lipinski definition) is 2. The Morgan fingerprint density at radius 3 is 2.55 bits per heavy atom. The third kappa shape index (κ3) is 5.34. The maximum absolute atomic E-state index is 12.3. The molecule has 0 unspecified atom stereocenters. The van der Waals surface area contributed by atoms with Gasteiger partial charge in [-0.15, -0.1) is 0 Å². The van der Waals surface area contributed by atoms with Crippen LogP contribution in [-0.4, -0.2) is 37.4 Å². The molecule has 0 spiro atoms. The molecule has 3 rings (SSSR count). The molecule has 2 aromatic carbocycles. The maximum atomic E-state index is 12.3. The summed E-state index contributed by atoms with van der Waals surface area (Å²) < 4.78 is 5.53. The second-order valence-electron chi connectivity index (χ2n) is 6.78. The minimum Gasteiger partial charge on any atom is -0.484 e. The molecule has 1 saturated heterocycles. The van der Waals surface area contributed by atoms with Crippen molar-refractivity contribution < 1.29 is 19.1 Å². The van der Waals surface area contributed by atoms with Crippen LogP contribution in [0.15, 0.2) is 48.5 Å². The Morgan fingerprint density at radius 1 is 1.10 bits per heavy atom. The fourth-order valence-corrected chi connectivity index (χ4v) is 3.10. The van der Waals surface area contributed by atoms with Crippen LogP contribution in [0.4, 0.5) is 11.4 Å². The average Bonchev–Trinajstić information content (AvgIpc) is 3.17. The number of nitrogens with one attached hydrogen (secondary N) is 2. The van der Waals surface area contributed by atoms with Gasteiger partial charge >= 0.3 is 0 Å². The quantitative estimate of drug-likeness (QED) is 0.719. The normalized spacial score (nSPS) is 13.3. The average molecular weight is 395 g/mol. The first kappa shape index (κ1) is 20.4. The van der Waals surface area contributed by atoms with Gasteiger partial charge in [0.1, 0.15) is 5.75 Å². The van der Waals surface area contributed by atoms with Crippen LogP contribution >= 0.6 is 0 Å².